The number of carbonyl (C=O) groups is 1. The zero-order valence-electron chi connectivity index (χ0n) is 17.5. The third-order valence-corrected chi connectivity index (χ3v) is 8.17. The van der Waals surface area contributed by atoms with E-state index in [1.807, 2.05) is 0 Å². The molecule has 1 aromatic heterocycles. The predicted octanol–water partition coefficient (Wildman–Crippen LogP) is 4.43. The lowest BCUT2D eigenvalue weighted by molar-refractivity contribution is -0.115. The fraction of sp³-hybridized carbons (Fsp3) is 0.429. The molecule has 2 aromatic rings. The summed E-state index contributed by atoms with van der Waals surface area (Å²) in [6, 6.07) is 8.18. The van der Waals surface area contributed by atoms with Crippen LogP contribution in [0.15, 0.2) is 46.5 Å². The van der Waals surface area contributed by atoms with E-state index in [0.717, 1.165) is 25.7 Å². The minimum Gasteiger partial charge on any atom is -0.495 e. The van der Waals surface area contributed by atoms with Gasteiger partial charge in [-0.3, -0.25) is 4.79 Å². The summed E-state index contributed by atoms with van der Waals surface area (Å²) in [7, 11) is -2.03. The summed E-state index contributed by atoms with van der Waals surface area (Å²) in [5.41, 5.74) is 0.485. The molecule has 2 heterocycles. The second-order valence-corrected chi connectivity index (χ2v) is 11.0. The van der Waals surface area contributed by atoms with Crippen molar-refractivity contribution in [3.05, 3.63) is 41.6 Å². The first kappa shape index (κ1) is 23.8. The number of carbonyl (C=O) groups excluding carboxylic acids is 1. The maximum atomic E-state index is 12.9. The minimum absolute atomic E-state index is 0.180. The number of hydrogen-bond donors (Lipinski definition) is 1. The van der Waals surface area contributed by atoms with Gasteiger partial charge < -0.3 is 10.1 Å². The Hall–Kier alpha value is -1.81. The maximum absolute atomic E-state index is 12.9. The second kappa shape index (κ2) is 10.7. The molecule has 168 valence electrons. The van der Waals surface area contributed by atoms with Gasteiger partial charge in [-0.25, -0.2) is 13.4 Å². The van der Waals surface area contributed by atoms with E-state index in [4.69, 9.17) is 16.3 Å². The predicted molar refractivity (Wildman–Crippen MR) is 123 cm³/mol. The molecule has 0 bridgehead atoms. The number of hydrogen-bond acceptors (Lipinski definition) is 6. The fourth-order valence-corrected chi connectivity index (χ4v) is 5.69. The number of anilines is 1. The minimum atomic E-state index is -3.54. The largest absolute Gasteiger partial charge is 0.495 e. The number of methoxy groups -OCH3 is 1. The van der Waals surface area contributed by atoms with Crippen molar-refractivity contribution >= 4 is 45.0 Å². The van der Waals surface area contributed by atoms with Crippen LogP contribution in [0.1, 0.15) is 32.6 Å². The normalized spacial score (nSPS) is 16.4. The highest BCUT2D eigenvalue weighted by atomic mass is 35.5. The van der Waals surface area contributed by atoms with Crippen LogP contribution < -0.4 is 10.1 Å². The number of halogens is 1. The van der Waals surface area contributed by atoms with Gasteiger partial charge in [-0.05, 0) is 50.1 Å². The average Bonchev–Trinajstić information content (AvgIpc) is 3.04. The maximum Gasteiger partial charge on any atom is 0.244 e. The first-order valence-electron chi connectivity index (χ1n) is 10.1. The Labute approximate surface area is 192 Å². The van der Waals surface area contributed by atoms with E-state index in [2.05, 4.69) is 10.3 Å². The Kier molecular flexibility index (Phi) is 8.21. The van der Waals surface area contributed by atoms with E-state index in [1.54, 1.807) is 37.3 Å². The molecule has 31 heavy (non-hydrogen) atoms. The Morgan fingerprint density at radius 1 is 1.19 bits per heavy atom. The molecule has 0 saturated carbocycles. The number of nitrogens with zero attached hydrogens (tertiary/aromatic N) is 2. The number of benzene rings is 1. The topological polar surface area (TPSA) is 88.6 Å². The summed E-state index contributed by atoms with van der Waals surface area (Å²) < 4.78 is 32.5. The molecule has 1 aromatic carbocycles. The summed E-state index contributed by atoms with van der Waals surface area (Å²) in [6.07, 6.45) is 5.24. The number of thioether (sulfide) groups is 1. The standard InChI is InChI=1S/C21H26ClN3O4S2/c1-15(21(26)24-18-13-16(22)7-9-19(18)29-2)30-20-10-8-17(14-23-20)31(27,28)25-11-5-3-4-6-12-25/h7-10,13-15H,3-6,11-12H2,1-2H3,(H,24,26)/t15-/m0/s1. The van der Waals surface area contributed by atoms with Crippen LogP contribution in [-0.2, 0) is 14.8 Å². The van der Waals surface area contributed by atoms with Crippen molar-refractivity contribution in [1.29, 1.82) is 0 Å². The zero-order chi connectivity index (χ0) is 22.4. The summed E-state index contributed by atoms with van der Waals surface area (Å²) in [6.45, 7) is 2.84. The number of pyridine rings is 1. The first-order valence-corrected chi connectivity index (χ1v) is 12.8. The molecule has 1 aliphatic rings. The van der Waals surface area contributed by atoms with E-state index < -0.39 is 15.3 Å². The third kappa shape index (κ3) is 6.12. The van der Waals surface area contributed by atoms with Crippen molar-refractivity contribution in [2.75, 3.05) is 25.5 Å². The highest BCUT2D eigenvalue weighted by molar-refractivity contribution is 8.00. The van der Waals surface area contributed by atoms with Crippen LogP contribution in [-0.4, -0.2) is 49.1 Å². The number of amides is 1. The van der Waals surface area contributed by atoms with E-state index in [0.29, 0.717) is 34.6 Å². The number of nitrogens with one attached hydrogen (secondary N) is 1. The van der Waals surface area contributed by atoms with Crippen molar-refractivity contribution < 1.29 is 17.9 Å². The molecule has 1 atom stereocenters. The molecule has 1 amide bonds. The molecule has 1 fully saturated rings. The van der Waals surface area contributed by atoms with Gasteiger partial charge in [0.2, 0.25) is 15.9 Å². The highest BCUT2D eigenvalue weighted by Gasteiger charge is 2.25. The van der Waals surface area contributed by atoms with Gasteiger partial charge in [0, 0.05) is 24.3 Å². The van der Waals surface area contributed by atoms with Gasteiger partial charge in [0.15, 0.2) is 0 Å². The van der Waals surface area contributed by atoms with Crippen LogP contribution in [0.2, 0.25) is 5.02 Å². The van der Waals surface area contributed by atoms with Crippen molar-refractivity contribution in [1.82, 2.24) is 9.29 Å². The number of rotatable bonds is 7. The van der Waals surface area contributed by atoms with Gasteiger partial charge >= 0.3 is 0 Å². The molecule has 0 radical (unpaired) electrons. The van der Waals surface area contributed by atoms with E-state index in [-0.39, 0.29) is 10.8 Å². The fourth-order valence-electron chi connectivity index (χ4n) is 3.27. The van der Waals surface area contributed by atoms with Gasteiger partial charge in [0.1, 0.15) is 10.6 Å². The van der Waals surface area contributed by atoms with Crippen molar-refractivity contribution in [2.45, 2.75) is 47.8 Å². The van der Waals surface area contributed by atoms with Crippen LogP contribution in [0.25, 0.3) is 0 Å². The monoisotopic (exact) mass is 483 g/mol. The van der Waals surface area contributed by atoms with E-state index in [1.165, 1.54) is 29.4 Å². The van der Waals surface area contributed by atoms with Crippen LogP contribution in [0, 0.1) is 0 Å². The average molecular weight is 484 g/mol. The molecular weight excluding hydrogens is 458 g/mol. The molecule has 7 nitrogen and oxygen atoms in total. The van der Waals surface area contributed by atoms with E-state index >= 15 is 0 Å². The lowest BCUT2D eigenvalue weighted by Gasteiger charge is -2.19. The molecule has 3 rings (SSSR count). The van der Waals surface area contributed by atoms with Crippen molar-refractivity contribution in [2.24, 2.45) is 0 Å². The Balaban J connectivity index is 1.65. The summed E-state index contributed by atoms with van der Waals surface area (Å²) in [4.78, 5) is 17.1. The van der Waals surface area contributed by atoms with Crippen LogP contribution in [0.3, 0.4) is 0 Å². The summed E-state index contributed by atoms with van der Waals surface area (Å²) >= 11 is 7.25. The first-order chi connectivity index (χ1) is 14.8. The van der Waals surface area contributed by atoms with Gasteiger partial charge in [-0.1, -0.05) is 36.2 Å². The Morgan fingerprint density at radius 3 is 2.52 bits per heavy atom. The Morgan fingerprint density at radius 2 is 1.90 bits per heavy atom. The smallest absolute Gasteiger partial charge is 0.244 e. The molecule has 1 aliphatic heterocycles. The SMILES string of the molecule is COc1ccc(Cl)cc1NC(=O)[C@H](C)Sc1ccc(S(=O)(=O)N2CCCCCC2)cn1. The van der Waals surface area contributed by atoms with Gasteiger partial charge in [0.05, 0.1) is 23.1 Å². The molecule has 0 spiro atoms. The highest BCUT2D eigenvalue weighted by Crippen LogP contribution is 2.30. The zero-order valence-corrected chi connectivity index (χ0v) is 19.9. The molecule has 0 unspecified atom stereocenters. The van der Waals surface area contributed by atoms with Gasteiger partial charge in [-0.15, -0.1) is 0 Å². The molecule has 1 saturated heterocycles. The van der Waals surface area contributed by atoms with Crippen molar-refractivity contribution in [3.8, 4) is 5.75 Å². The molecule has 10 heteroatoms. The number of sulfonamides is 1. The summed E-state index contributed by atoms with van der Waals surface area (Å²) in [5.74, 6) is 0.268. The van der Waals surface area contributed by atoms with Gasteiger partial charge in [-0.2, -0.15) is 4.31 Å². The quantitative estimate of drug-likeness (QED) is 0.586. The third-order valence-electron chi connectivity index (χ3n) is 5.00. The van der Waals surface area contributed by atoms with Crippen LogP contribution in [0.4, 0.5) is 5.69 Å². The van der Waals surface area contributed by atoms with Crippen LogP contribution in [0.5, 0.6) is 5.75 Å². The lowest BCUT2D eigenvalue weighted by atomic mass is 10.2. The van der Waals surface area contributed by atoms with Gasteiger partial charge in [0.25, 0.3) is 0 Å². The van der Waals surface area contributed by atoms with Crippen LogP contribution >= 0.6 is 23.4 Å². The van der Waals surface area contributed by atoms with E-state index in [9.17, 15) is 13.2 Å². The number of ether oxygens (including phenoxy) is 1. The van der Waals surface area contributed by atoms with Crippen molar-refractivity contribution in [3.63, 3.8) is 0 Å². The second-order valence-electron chi connectivity index (χ2n) is 7.24. The molecule has 1 N–H and O–H groups in total. The summed E-state index contributed by atoms with van der Waals surface area (Å²) in [5, 5.41) is 3.39. The lowest BCUT2D eigenvalue weighted by Crippen LogP contribution is -2.32. The molecule has 0 aliphatic carbocycles. The number of aromatic nitrogens is 1. The molecular formula is C21H26ClN3O4S2. The Bertz CT molecular complexity index is 1010.